The number of thioether (sulfide) groups is 1. The molecule has 2 heterocycles. The van der Waals surface area contributed by atoms with Gasteiger partial charge in [-0.15, -0.1) is 11.8 Å². The fourth-order valence-electron chi connectivity index (χ4n) is 3.42. The van der Waals surface area contributed by atoms with Crippen LogP contribution >= 0.6 is 11.8 Å². The van der Waals surface area contributed by atoms with E-state index in [9.17, 15) is 13.2 Å². The van der Waals surface area contributed by atoms with Crippen molar-refractivity contribution in [2.75, 3.05) is 55.9 Å². The van der Waals surface area contributed by atoms with Gasteiger partial charge in [0.25, 0.3) is 5.91 Å². The average Bonchev–Trinajstić information content (AvgIpc) is 2.80. The number of pyridine rings is 1. The summed E-state index contributed by atoms with van der Waals surface area (Å²) in [4.78, 5) is 19.6. The average molecular weight is 465 g/mol. The first-order valence-corrected chi connectivity index (χ1v) is 12.9. The van der Waals surface area contributed by atoms with Crippen LogP contribution in [0.2, 0.25) is 0 Å². The Bertz CT molecular complexity index is 1000. The Kier molecular flexibility index (Phi) is 7.93. The third-order valence-electron chi connectivity index (χ3n) is 5.11. The Morgan fingerprint density at radius 1 is 1.19 bits per heavy atom. The Morgan fingerprint density at radius 3 is 2.48 bits per heavy atom. The molecule has 0 unspecified atom stereocenters. The van der Waals surface area contributed by atoms with Crippen LogP contribution in [0.25, 0.3) is 0 Å². The molecule has 1 aliphatic rings. The maximum absolute atomic E-state index is 13.2. The summed E-state index contributed by atoms with van der Waals surface area (Å²) >= 11 is 1.51. The molecular formula is C21H28N4O4S2. The summed E-state index contributed by atoms with van der Waals surface area (Å²) in [5, 5.41) is 3.69. The molecule has 1 aromatic carbocycles. The van der Waals surface area contributed by atoms with Crippen LogP contribution in [0.3, 0.4) is 0 Å². The van der Waals surface area contributed by atoms with Gasteiger partial charge in [-0.05, 0) is 36.6 Å². The van der Waals surface area contributed by atoms with Crippen LogP contribution in [-0.4, -0.2) is 69.3 Å². The number of nitrogens with zero attached hydrogens (tertiary/aromatic N) is 3. The summed E-state index contributed by atoms with van der Waals surface area (Å²) in [5.74, 6) is -0.378. The van der Waals surface area contributed by atoms with E-state index in [1.54, 1.807) is 38.2 Å². The van der Waals surface area contributed by atoms with Gasteiger partial charge in [0, 0.05) is 31.9 Å². The zero-order valence-corrected chi connectivity index (χ0v) is 19.6. The minimum absolute atomic E-state index is 0.106. The van der Waals surface area contributed by atoms with Gasteiger partial charge < -0.3 is 15.0 Å². The van der Waals surface area contributed by atoms with Gasteiger partial charge in [-0.2, -0.15) is 4.31 Å². The number of benzene rings is 1. The monoisotopic (exact) mass is 464 g/mol. The number of rotatable bonds is 8. The highest BCUT2D eigenvalue weighted by Crippen LogP contribution is 2.28. The van der Waals surface area contributed by atoms with Gasteiger partial charge >= 0.3 is 0 Å². The van der Waals surface area contributed by atoms with Gasteiger partial charge in [0.15, 0.2) is 0 Å². The third kappa shape index (κ3) is 5.38. The van der Waals surface area contributed by atoms with Crippen molar-refractivity contribution in [3.63, 3.8) is 0 Å². The zero-order valence-electron chi connectivity index (χ0n) is 18.0. The second kappa shape index (κ2) is 10.4. The minimum Gasteiger partial charge on any atom is -0.378 e. The van der Waals surface area contributed by atoms with Gasteiger partial charge in [-0.3, -0.25) is 4.79 Å². The summed E-state index contributed by atoms with van der Waals surface area (Å²) in [7, 11) is -3.69. The standard InChI is InChI=1S/C21H28N4O4S2/c1-4-25(5-2)31(27,28)17-7-8-19(24-10-12-29-13-11-24)18(14-17)21(26)23-16-6-9-20(30-3)22-15-16/h6-9,14-15H,4-5,10-13H2,1-3H3,(H,23,26). The van der Waals surface area contributed by atoms with E-state index in [0.29, 0.717) is 56.3 Å². The number of sulfonamides is 1. The smallest absolute Gasteiger partial charge is 0.257 e. The summed E-state index contributed by atoms with van der Waals surface area (Å²) in [5.41, 5.74) is 1.55. The third-order valence-corrected chi connectivity index (χ3v) is 7.82. The molecule has 3 rings (SSSR count). The summed E-state index contributed by atoms with van der Waals surface area (Å²) in [6, 6.07) is 8.36. The lowest BCUT2D eigenvalue weighted by Crippen LogP contribution is -2.37. The number of nitrogens with one attached hydrogen (secondary N) is 1. The van der Waals surface area contributed by atoms with E-state index in [-0.39, 0.29) is 10.8 Å². The molecule has 1 N–H and O–H groups in total. The molecule has 0 bridgehead atoms. The molecule has 1 saturated heterocycles. The van der Waals surface area contributed by atoms with Gasteiger partial charge in [-0.25, -0.2) is 13.4 Å². The Hall–Kier alpha value is -2.14. The molecule has 1 fully saturated rings. The number of hydrogen-bond donors (Lipinski definition) is 1. The maximum Gasteiger partial charge on any atom is 0.257 e. The molecule has 31 heavy (non-hydrogen) atoms. The molecular weight excluding hydrogens is 436 g/mol. The predicted molar refractivity (Wildman–Crippen MR) is 124 cm³/mol. The SMILES string of the molecule is CCN(CC)S(=O)(=O)c1ccc(N2CCOCC2)c(C(=O)Nc2ccc(SC)nc2)c1. The van der Waals surface area contributed by atoms with Crippen LogP contribution in [0.1, 0.15) is 24.2 Å². The lowest BCUT2D eigenvalue weighted by molar-refractivity contribution is 0.102. The second-order valence-corrected chi connectivity index (χ2v) is 9.68. The molecule has 2 aromatic rings. The molecule has 1 aromatic heterocycles. The highest BCUT2D eigenvalue weighted by Gasteiger charge is 2.26. The number of ether oxygens (including phenoxy) is 1. The van der Waals surface area contributed by atoms with Crippen molar-refractivity contribution in [1.82, 2.24) is 9.29 Å². The topological polar surface area (TPSA) is 91.8 Å². The van der Waals surface area contributed by atoms with Crippen LogP contribution in [0, 0.1) is 0 Å². The van der Waals surface area contributed by atoms with Gasteiger partial charge in [0.2, 0.25) is 10.0 Å². The number of hydrogen-bond acceptors (Lipinski definition) is 7. The molecule has 0 aliphatic carbocycles. The van der Waals surface area contributed by atoms with Crippen molar-refractivity contribution in [3.8, 4) is 0 Å². The van der Waals surface area contributed by atoms with Crippen molar-refractivity contribution in [2.45, 2.75) is 23.8 Å². The van der Waals surface area contributed by atoms with E-state index >= 15 is 0 Å². The number of anilines is 2. The number of aromatic nitrogens is 1. The van der Waals surface area contributed by atoms with Crippen molar-refractivity contribution in [3.05, 3.63) is 42.1 Å². The fraction of sp³-hybridized carbons (Fsp3) is 0.429. The van der Waals surface area contributed by atoms with Crippen molar-refractivity contribution in [2.24, 2.45) is 0 Å². The molecule has 1 aliphatic heterocycles. The van der Waals surface area contributed by atoms with Gasteiger partial charge in [-0.1, -0.05) is 13.8 Å². The number of carbonyl (C=O) groups excluding carboxylic acids is 1. The number of morpholine rings is 1. The fourth-order valence-corrected chi connectivity index (χ4v) is 5.27. The molecule has 8 nitrogen and oxygen atoms in total. The quantitative estimate of drug-likeness (QED) is 0.601. The largest absolute Gasteiger partial charge is 0.378 e. The molecule has 1 amide bonds. The molecule has 0 saturated carbocycles. The minimum atomic E-state index is -3.69. The van der Waals surface area contributed by atoms with Crippen LogP contribution in [0.4, 0.5) is 11.4 Å². The lowest BCUT2D eigenvalue weighted by atomic mass is 10.1. The van der Waals surface area contributed by atoms with Crippen LogP contribution in [0.15, 0.2) is 46.5 Å². The zero-order chi connectivity index (χ0) is 22.4. The first-order chi connectivity index (χ1) is 14.9. The highest BCUT2D eigenvalue weighted by atomic mass is 32.2. The van der Waals surface area contributed by atoms with E-state index in [1.807, 2.05) is 17.2 Å². The number of amides is 1. The Labute approximate surface area is 188 Å². The first kappa shape index (κ1) is 23.5. The van der Waals surface area contributed by atoms with Crippen LogP contribution in [0.5, 0.6) is 0 Å². The lowest BCUT2D eigenvalue weighted by Gasteiger charge is -2.30. The molecule has 10 heteroatoms. The highest BCUT2D eigenvalue weighted by molar-refractivity contribution is 7.98. The number of carbonyl (C=O) groups is 1. The van der Waals surface area contributed by atoms with E-state index in [0.717, 1.165) is 5.03 Å². The van der Waals surface area contributed by atoms with Crippen molar-refractivity contribution < 1.29 is 17.9 Å². The first-order valence-electron chi connectivity index (χ1n) is 10.2. The van der Waals surface area contributed by atoms with Gasteiger partial charge in [0.1, 0.15) is 0 Å². The second-order valence-electron chi connectivity index (χ2n) is 6.91. The summed E-state index contributed by atoms with van der Waals surface area (Å²) < 4.78 is 32.9. The maximum atomic E-state index is 13.2. The Balaban J connectivity index is 1.99. The predicted octanol–water partition coefficient (Wildman–Crippen LogP) is 2.92. The van der Waals surface area contributed by atoms with Crippen molar-refractivity contribution in [1.29, 1.82) is 0 Å². The molecule has 168 valence electrons. The van der Waals surface area contributed by atoms with Crippen LogP contribution < -0.4 is 10.2 Å². The normalized spacial score (nSPS) is 14.6. The van der Waals surface area contributed by atoms with E-state index in [1.165, 1.54) is 22.1 Å². The molecule has 0 radical (unpaired) electrons. The van der Waals surface area contributed by atoms with Gasteiger partial charge in [0.05, 0.1) is 40.6 Å². The van der Waals surface area contributed by atoms with E-state index in [2.05, 4.69) is 10.3 Å². The summed E-state index contributed by atoms with van der Waals surface area (Å²) in [6.45, 7) is 6.68. The van der Waals surface area contributed by atoms with E-state index in [4.69, 9.17) is 4.74 Å². The molecule has 0 atom stereocenters. The Morgan fingerprint density at radius 2 is 1.90 bits per heavy atom. The molecule has 0 spiro atoms. The van der Waals surface area contributed by atoms with E-state index < -0.39 is 10.0 Å². The summed E-state index contributed by atoms with van der Waals surface area (Å²) in [6.07, 6.45) is 3.52. The van der Waals surface area contributed by atoms with Crippen LogP contribution in [-0.2, 0) is 14.8 Å². The van der Waals surface area contributed by atoms with Crippen molar-refractivity contribution >= 4 is 39.1 Å².